The molecule has 0 aromatic carbocycles. The van der Waals surface area contributed by atoms with Crippen molar-refractivity contribution in [2.24, 2.45) is 0 Å². The van der Waals surface area contributed by atoms with Gasteiger partial charge >= 0.3 is 0 Å². The maximum Gasteiger partial charge on any atom is 0.168 e. The summed E-state index contributed by atoms with van der Waals surface area (Å²) in [6, 6.07) is 0. The van der Waals surface area contributed by atoms with Gasteiger partial charge in [0.1, 0.15) is 5.82 Å². The van der Waals surface area contributed by atoms with Crippen molar-refractivity contribution < 1.29 is 0 Å². The molecule has 50 valence electrons. The maximum absolute atomic E-state index is 5.44. The molecule has 0 saturated carbocycles. The van der Waals surface area contributed by atoms with Gasteiger partial charge in [0.15, 0.2) is 7.85 Å². The van der Waals surface area contributed by atoms with Crippen LogP contribution in [0.25, 0.3) is 6.08 Å². The Morgan fingerprint density at radius 3 is 2.90 bits per heavy atom. The highest BCUT2D eigenvalue weighted by Crippen LogP contribution is 1.92. The van der Waals surface area contributed by atoms with Crippen LogP contribution in [0, 0.1) is 0 Å². The largest absolute Gasteiger partial charge is 0.383 e. The number of nitrogens with zero attached hydrogens (tertiary/aromatic N) is 2. The fraction of sp³-hybridized carbons (Fsp3) is 0. The Morgan fingerprint density at radius 2 is 2.40 bits per heavy atom. The van der Waals surface area contributed by atoms with Gasteiger partial charge in [-0.2, -0.15) is 0 Å². The van der Waals surface area contributed by atoms with Crippen molar-refractivity contribution >= 4 is 25.3 Å². The summed E-state index contributed by atoms with van der Waals surface area (Å²) in [5, 5.41) is 0. The van der Waals surface area contributed by atoms with E-state index in [0.717, 1.165) is 11.3 Å². The van der Waals surface area contributed by atoms with E-state index in [2.05, 4.69) is 16.5 Å². The van der Waals surface area contributed by atoms with Gasteiger partial charge in [0.25, 0.3) is 0 Å². The average molecular weight is 133 g/mol. The van der Waals surface area contributed by atoms with Crippen LogP contribution in [-0.2, 0) is 0 Å². The van der Waals surface area contributed by atoms with E-state index in [4.69, 9.17) is 5.73 Å². The Balaban J connectivity index is 3.16. The fourth-order valence-electron chi connectivity index (χ4n) is 0.607. The second kappa shape index (κ2) is 2.52. The van der Waals surface area contributed by atoms with Crippen LogP contribution in [0.5, 0.6) is 0 Å². The molecule has 1 aromatic heterocycles. The molecular weight excluding hydrogens is 125 g/mol. The van der Waals surface area contributed by atoms with Crippen LogP contribution in [0.2, 0.25) is 0 Å². The van der Waals surface area contributed by atoms with Crippen LogP contribution < -0.4 is 11.3 Å². The first-order chi connectivity index (χ1) is 4.74. The van der Waals surface area contributed by atoms with Crippen molar-refractivity contribution in [2.75, 3.05) is 5.73 Å². The molecule has 0 unspecified atom stereocenters. The molecule has 10 heavy (non-hydrogen) atoms. The number of nitrogens with two attached hydrogens (primary N) is 1. The van der Waals surface area contributed by atoms with Gasteiger partial charge in [-0.1, -0.05) is 6.58 Å². The topological polar surface area (TPSA) is 51.8 Å². The summed E-state index contributed by atoms with van der Waals surface area (Å²) in [5.74, 6) is 0.477. The third kappa shape index (κ3) is 1.15. The fourth-order valence-corrected chi connectivity index (χ4v) is 0.607. The van der Waals surface area contributed by atoms with Crippen LogP contribution in [0.1, 0.15) is 5.69 Å². The van der Waals surface area contributed by atoms with Crippen molar-refractivity contribution in [3.05, 3.63) is 18.5 Å². The van der Waals surface area contributed by atoms with Gasteiger partial charge in [-0.3, -0.25) is 4.98 Å². The molecule has 0 aliphatic carbocycles. The summed E-state index contributed by atoms with van der Waals surface area (Å²) >= 11 is 0. The van der Waals surface area contributed by atoms with Gasteiger partial charge < -0.3 is 5.73 Å². The number of nitrogen functional groups attached to an aromatic ring is 1. The molecular formula is C6H8BN3. The molecule has 0 radical (unpaired) electrons. The highest BCUT2D eigenvalue weighted by Gasteiger charge is 1.94. The Hall–Kier alpha value is -1.32. The van der Waals surface area contributed by atoms with E-state index >= 15 is 0 Å². The maximum atomic E-state index is 5.44. The molecule has 0 bridgehead atoms. The number of anilines is 1. The third-order valence-corrected chi connectivity index (χ3v) is 1.21. The first-order valence-electron chi connectivity index (χ1n) is 2.95. The molecule has 3 nitrogen and oxygen atoms in total. The normalized spacial score (nSPS) is 9.20. The predicted molar refractivity (Wildman–Crippen MR) is 44.7 cm³/mol. The zero-order valence-electron chi connectivity index (χ0n) is 5.83. The van der Waals surface area contributed by atoms with Gasteiger partial charge in [-0.05, 0) is 6.08 Å². The van der Waals surface area contributed by atoms with E-state index in [0.29, 0.717) is 5.82 Å². The first kappa shape index (κ1) is 6.80. The third-order valence-electron chi connectivity index (χ3n) is 1.21. The summed E-state index contributed by atoms with van der Waals surface area (Å²) in [6.45, 7) is 3.56. The molecule has 1 rings (SSSR count). The van der Waals surface area contributed by atoms with Crippen molar-refractivity contribution in [3.63, 3.8) is 0 Å². The Morgan fingerprint density at radius 1 is 1.70 bits per heavy atom. The molecule has 0 aliphatic heterocycles. The van der Waals surface area contributed by atoms with E-state index in [1.165, 1.54) is 0 Å². The second-order valence-electron chi connectivity index (χ2n) is 1.97. The quantitative estimate of drug-likeness (QED) is 0.498. The zero-order chi connectivity index (χ0) is 7.56. The standard InChI is InChI=1S/C6H8BN3/c1-2-4-3-9-6(8)5(7)10-4/h2-3H,1,7H2,(H2,8,9). The summed E-state index contributed by atoms with van der Waals surface area (Å²) in [4.78, 5) is 7.98. The SMILES string of the molecule is Bc1nc(C=C)cnc1N. The molecule has 1 aromatic rings. The summed E-state index contributed by atoms with van der Waals surface area (Å²) in [5.41, 5.74) is 6.94. The van der Waals surface area contributed by atoms with Crippen LogP contribution in [0.15, 0.2) is 12.8 Å². The lowest BCUT2D eigenvalue weighted by Crippen LogP contribution is -2.16. The molecule has 0 saturated heterocycles. The van der Waals surface area contributed by atoms with Crippen LogP contribution in [-0.4, -0.2) is 17.8 Å². The van der Waals surface area contributed by atoms with Crippen molar-refractivity contribution in [3.8, 4) is 0 Å². The second-order valence-corrected chi connectivity index (χ2v) is 1.97. The van der Waals surface area contributed by atoms with E-state index in [-0.39, 0.29) is 0 Å². The van der Waals surface area contributed by atoms with E-state index in [1.807, 2.05) is 7.85 Å². The minimum atomic E-state index is 0.477. The van der Waals surface area contributed by atoms with Crippen LogP contribution >= 0.6 is 0 Å². The monoisotopic (exact) mass is 133 g/mol. The number of hydrogen-bond acceptors (Lipinski definition) is 3. The lowest BCUT2D eigenvalue weighted by atomic mass is 10.0. The molecule has 2 N–H and O–H groups in total. The van der Waals surface area contributed by atoms with Crippen LogP contribution in [0.4, 0.5) is 5.82 Å². The summed E-state index contributed by atoms with van der Waals surface area (Å²) in [6.07, 6.45) is 3.23. The van der Waals surface area contributed by atoms with Gasteiger partial charge in [-0.15, -0.1) is 0 Å². The predicted octanol–water partition coefficient (Wildman–Crippen LogP) is -1.04. The summed E-state index contributed by atoms with van der Waals surface area (Å²) in [7, 11) is 1.81. The number of rotatable bonds is 1. The zero-order valence-corrected chi connectivity index (χ0v) is 5.83. The lowest BCUT2D eigenvalue weighted by Gasteiger charge is -1.97. The molecule has 1 heterocycles. The van der Waals surface area contributed by atoms with Gasteiger partial charge in [0, 0.05) is 5.59 Å². The molecule has 4 heteroatoms. The lowest BCUT2D eigenvalue weighted by molar-refractivity contribution is 1.23. The van der Waals surface area contributed by atoms with E-state index in [1.54, 1.807) is 12.3 Å². The highest BCUT2D eigenvalue weighted by atomic mass is 14.9. The molecule has 0 fully saturated rings. The highest BCUT2D eigenvalue weighted by molar-refractivity contribution is 6.33. The minimum Gasteiger partial charge on any atom is -0.383 e. The molecule has 0 atom stereocenters. The summed E-state index contributed by atoms with van der Waals surface area (Å²) < 4.78 is 0. The Labute approximate surface area is 60.4 Å². The van der Waals surface area contributed by atoms with E-state index in [9.17, 15) is 0 Å². The smallest absolute Gasteiger partial charge is 0.168 e. The van der Waals surface area contributed by atoms with Crippen molar-refractivity contribution in [2.45, 2.75) is 0 Å². The minimum absolute atomic E-state index is 0.477. The first-order valence-corrected chi connectivity index (χ1v) is 2.95. The molecule has 0 spiro atoms. The van der Waals surface area contributed by atoms with Gasteiger partial charge in [0.05, 0.1) is 11.9 Å². The Bertz CT molecular complexity index is 259. The molecule has 0 aliphatic rings. The van der Waals surface area contributed by atoms with Gasteiger partial charge in [0.2, 0.25) is 0 Å². The van der Waals surface area contributed by atoms with Crippen LogP contribution in [0.3, 0.4) is 0 Å². The Kier molecular flexibility index (Phi) is 1.71. The van der Waals surface area contributed by atoms with E-state index < -0.39 is 0 Å². The average Bonchev–Trinajstić information content (AvgIpc) is 1.95. The van der Waals surface area contributed by atoms with Gasteiger partial charge in [-0.25, -0.2) is 4.98 Å². The van der Waals surface area contributed by atoms with Crippen molar-refractivity contribution in [1.29, 1.82) is 0 Å². The number of aromatic nitrogens is 2. The van der Waals surface area contributed by atoms with Crippen molar-refractivity contribution in [1.82, 2.24) is 9.97 Å². The molecule has 0 amide bonds. The number of hydrogen-bond donors (Lipinski definition) is 1.